The van der Waals surface area contributed by atoms with E-state index in [0.717, 1.165) is 17.7 Å². The topological polar surface area (TPSA) is 58.9 Å². The lowest BCUT2D eigenvalue weighted by atomic mass is 10.1. The molecule has 2 rings (SSSR count). The molecule has 0 heterocycles. The van der Waals surface area contributed by atoms with Gasteiger partial charge in [-0.05, 0) is 54.8 Å². The molecule has 4 nitrogen and oxygen atoms in total. The fourth-order valence-corrected chi connectivity index (χ4v) is 1.97. The fourth-order valence-electron chi connectivity index (χ4n) is 1.97. The molecule has 2 aromatic rings. The van der Waals surface area contributed by atoms with Crippen LogP contribution in [-0.2, 0) is 11.2 Å². The lowest BCUT2D eigenvalue weighted by molar-refractivity contribution is -0.144. The zero-order valence-electron chi connectivity index (χ0n) is 12.7. The monoisotopic (exact) mass is 297 g/mol. The Labute approximate surface area is 130 Å². The van der Waals surface area contributed by atoms with Crippen molar-refractivity contribution in [3.8, 4) is 5.75 Å². The number of para-hydroxylation sites is 1. The minimum absolute atomic E-state index is 0.529. The Balaban J connectivity index is 2.08. The number of carboxylic acid groups (broad SMARTS) is 1. The van der Waals surface area contributed by atoms with Crippen molar-refractivity contribution in [2.24, 2.45) is 4.99 Å². The van der Waals surface area contributed by atoms with Gasteiger partial charge in [-0.3, -0.25) is 4.99 Å². The quantitative estimate of drug-likeness (QED) is 0.824. The van der Waals surface area contributed by atoms with Gasteiger partial charge in [-0.15, -0.1) is 0 Å². The van der Waals surface area contributed by atoms with Gasteiger partial charge < -0.3 is 9.84 Å². The molecule has 4 heteroatoms. The van der Waals surface area contributed by atoms with E-state index in [1.807, 2.05) is 30.3 Å². The molecule has 0 spiro atoms. The van der Waals surface area contributed by atoms with E-state index in [0.29, 0.717) is 5.75 Å². The van der Waals surface area contributed by atoms with E-state index in [9.17, 15) is 4.79 Å². The lowest BCUT2D eigenvalue weighted by Gasteiger charge is -2.10. The molecule has 1 atom stereocenters. The number of ether oxygens (including phenoxy) is 1. The van der Waals surface area contributed by atoms with Gasteiger partial charge in [0.15, 0.2) is 6.10 Å². The Kier molecular flexibility index (Phi) is 5.31. The Morgan fingerprint density at radius 3 is 2.55 bits per heavy atom. The van der Waals surface area contributed by atoms with Crippen molar-refractivity contribution >= 4 is 17.9 Å². The molecular formula is C18H19NO3. The average Bonchev–Trinajstić information content (AvgIpc) is 2.54. The summed E-state index contributed by atoms with van der Waals surface area (Å²) >= 11 is 0. The number of rotatable bonds is 6. The number of aryl methyl sites for hydroxylation is 1. The first-order valence-electron chi connectivity index (χ1n) is 7.21. The number of nitrogens with zero attached hydrogens (tertiary/aromatic N) is 1. The maximum atomic E-state index is 10.7. The van der Waals surface area contributed by atoms with E-state index in [2.05, 4.69) is 18.0 Å². The summed E-state index contributed by atoms with van der Waals surface area (Å²) in [5.41, 5.74) is 3.10. The Morgan fingerprint density at radius 2 is 1.91 bits per heavy atom. The predicted octanol–water partition coefficient (Wildman–Crippen LogP) is 3.85. The van der Waals surface area contributed by atoms with Crippen LogP contribution in [0.3, 0.4) is 0 Å². The van der Waals surface area contributed by atoms with Crippen molar-refractivity contribution in [2.45, 2.75) is 26.4 Å². The van der Waals surface area contributed by atoms with E-state index in [1.54, 1.807) is 18.3 Å². The number of carboxylic acids is 1. The molecule has 1 N–H and O–H groups in total. The van der Waals surface area contributed by atoms with Crippen molar-refractivity contribution in [2.75, 3.05) is 0 Å². The van der Waals surface area contributed by atoms with Crippen LogP contribution in [0.4, 0.5) is 5.69 Å². The van der Waals surface area contributed by atoms with Crippen molar-refractivity contribution < 1.29 is 14.6 Å². The third-order valence-corrected chi connectivity index (χ3v) is 3.27. The first kappa shape index (κ1) is 15.8. The second-order valence-electron chi connectivity index (χ2n) is 4.91. The summed E-state index contributed by atoms with van der Waals surface area (Å²) in [5, 5.41) is 8.81. The highest BCUT2D eigenvalue weighted by atomic mass is 16.5. The number of hydrogen-bond acceptors (Lipinski definition) is 3. The predicted molar refractivity (Wildman–Crippen MR) is 87.2 cm³/mol. The van der Waals surface area contributed by atoms with Gasteiger partial charge in [0, 0.05) is 6.21 Å². The highest BCUT2D eigenvalue weighted by Crippen LogP contribution is 2.19. The van der Waals surface area contributed by atoms with Crippen LogP contribution in [0.1, 0.15) is 25.0 Å². The average molecular weight is 297 g/mol. The van der Waals surface area contributed by atoms with Crippen LogP contribution in [0.15, 0.2) is 53.5 Å². The summed E-state index contributed by atoms with van der Waals surface area (Å²) in [6.45, 7) is 3.60. The van der Waals surface area contributed by atoms with E-state index in [1.165, 1.54) is 12.5 Å². The molecule has 0 aliphatic heterocycles. The van der Waals surface area contributed by atoms with Crippen LogP contribution in [-0.4, -0.2) is 23.4 Å². The maximum absolute atomic E-state index is 10.7. The van der Waals surface area contributed by atoms with Gasteiger partial charge in [0.2, 0.25) is 0 Å². The maximum Gasteiger partial charge on any atom is 0.344 e. The lowest BCUT2D eigenvalue weighted by Crippen LogP contribution is -2.22. The summed E-state index contributed by atoms with van der Waals surface area (Å²) in [5.74, 6) is -0.456. The number of hydrogen-bond donors (Lipinski definition) is 1. The van der Waals surface area contributed by atoms with E-state index < -0.39 is 12.1 Å². The van der Waals surface area contributed by atoms with Crippen molar-refractivity contribution in [3.63, 3.8) is 0 Å². The summed E-state index contributed by atoms with van der Waals surface area (Å²) in [7, 11) is 0. The van der Waals surface area contributed by atoms with E-state index >= 15 is 0 Å². The Morgan fingerprint density at radius 1 is 1.23 bits per heavy atom. The molecule has 0 radical (unpaired) electrons. The van der Waals surface area contributed by atoms with Crippen LogP contribution in [0.25, 0.3) is 0 Å². The minimum Gasteiger partial charge on any atom is -0.479 e. The van der Waals surface area contributed by atoms with Crippen LogP contribution < -0.4 is 4.74 Å². The van der Waals surface area contributed by atoms with E-state index in [-0.39, 0.29) is 0 Å². The highest BCUT2D eigenvalue weighted by Gasteiger charge is 2.11. The van der Waals surface area contributed by atoms with Crippen LogP contribution in [0.2, 0.25) is 0 Å². The van der Waals surface area contributed by atoms with Gasteiger partial charge in [-0.2, -0.15) is 0 Å². The van der Waals surface area contributed by atoms with Crippen molar-refractivity contribution in [1.29, 1.82) is 0 Å². The first-order valence-corrected chi connectivity index (χ1v) is 7.21. The zero-order chi connectivity index (χ0) is 15.9. The van der Waals surface area contributed by atoms with E-state index in [4.69, 9.17) is 9.84 Å². The molecule has 0 aliphatic carbocycles. The van der Waals surface area contributed by atoms with Crippen LogP contribution >= 0.6 is 0 Å². The molecule has 0 saturated heterocycles. The standard InChI is InChI=1S/C18H19NO3/c1-3-15-6-4-5-7-17(15)19-12-14-8-10-16(11-9-14)22-13(2)18(20)21/h4-13H,3H2,1-2H3,(H,20,21)/t13-/m0/s1. The van der Waals surface area contributed by atoms with Gasteiger partial charge in [0.1, 0.15) is 5.75 Å². The van der Waals surface area contributed by atoms with Gasteiger partial charge >= 0.3 is 5.97 Å². The molecule has 0 aliphatic rings. The molecule has 0 bridgehead atoms. The van der Waals surface area contributed by atoms with Gasteiger partial charge in [0.25, 0.3) is 0 Å². The Hall–Kier alpha value is -2.62. The molecule has 0 aromatic heterocycles. The number of aliphatic carboxylic acids is 1. The highest BCUT2D eigenvalue weighted by molar-refractivity contribution is 5.82. The number of aliphatic imine (C=N–C) groups is 1. The minimum atomic E-state index is -0.984. The third-order valence-electron chi connectivity index (χ3n) is 3.27. The molecule has 22 heavy (non-hydrogen) atoms. The molecule has 2 aromatic carbocycles. The summed E-state index contributed by atoms with van der Waals surface area (Å²) in [6, 6.07) is 15.2. The number of benzene rings is 2. The first-order chi connectivity index (χ1) is 10.6. The van der Waals surface area contributed by atoms with Crippen molar-refractivity contribution in [1.82, 2.24) is 0 Å². The van der Waals surface area contributed by atoms with Crippen LogP contribution in [0, 0.1) is 0 Å². The Bertz CT molecular complexity index is 662. The SMILES string of the molecule is CCc1ccccc1N=Cc1ccc(O[C@@H](C)C(=O)O)cc1. The van der Waals surface area contributed by atoms with Crippen LogP contribution in [0.5, 0.6) is 5.75 Å². The largest absolute Gasteiger partial charge is 0.479 e. The van der Waals surface area contributed by atoms with Gasteiger partial charge in [-0.1, -0.05) is 25.1 Å². The summed E-state index contributed by atoms with van der Waals surface area (Å²) in [4.78, 5) is 15.3. The second kappa shape index (κ2) is 7.41. The summed E-state index contributed by atoms with van der Waals surface area (Å²) in [6.07, 6.45) is 1.86. The smallest absolute Gasteiger partial charge is 0.344 e. The normalized spacial score (nSPS) is 12.3. The molecule has 0 unspecified atom stereocenters. The molecular weight excluding hydrogens is 278 g/mol. The van der Waals surface area contributed by atoms with Gasteiger partial charge in [0.05, 0.1) is 5.69 Å². The molecule has 114 valence electrons. The van der Waals surface area contributed by atoms with Gasteiger partial charge in [-0.25, -0.2) is 4.79 Å². The summed E-state index contributed by atoms with van der Waals surface area (Å²) < 4.78 is 5.29. The third kappa shape index (κ3) is 4.19. The fraction of sp³-hybridized carbons (Fsp3) is 0.222. The van der Waals surface area contributed by atoms with Crippen molar-refractivity contribution in [3.05, 3.63) is 59.7 Å². The molecule has 0 fully saturated rings. The second-order valence-corrected chi connectivity index (χ2v) is 4.91. The molecule has 0 amide bonds. The zero-order valence-corrected chi connectivity index (χ0v) is 12.7. The molecule has 0 saturated carbocycles. The number of carbonyl (C=O) groups is 1.